The molecule has 0 radical (unpaired) electrons. The molecule has 6 nitrogen and oxygen atoms in total. The van der Waals surface area contributed by atoms with Gasteiger partial charge >= 0.3 is 12.0 Å². The van der Waals surface area contributed by atoms with E-state index < -0.39 is 18.0 Å². The molecule has 0 saturated heterocycles. The minimum atomic E-state index is -1.03. The second-order valence-corrected chi connectivity index (χ2v) is 4.01. The molecule has 0 spiro atoms. The number of carboxylic acid groups (broad SMARTS) is 1. The van der Waals surface area contributed by atoms with Gasteiger partial charge < -0.3 is 10.4 Å². The maximum Gasteiger partial charge on any atom is 0.326 e. The highest BCUT2D eigenvalue weighted by atomic mass is 32.1. The summed E-state index contributed by atoms with van der Waals surface area (Å²) in [6.07, 6.45) is 2.65. The third-order valence-corrected chi connectivity index (χ3v) is 2.52. The third kappa shape index (κ3) is 3.85. The van der Waals surface area contributed by atoms with Gasteiger partial charge in [-0.2, -0.15) is 0 Å². The lowest BCUT2D eigenvalue weighted by Gasteiger charge is -2.13. The molecule has 0 fully saturated rings. The van der Waals surface area contributed by atoms with E-state index in [0.29, 0.717) is 18.0 Å². The Balaban J connectivity index is 2.45. The van der Waals surface area contributed by atoms with E-state index in [9.17, 15) is 9.59 Å². The molecule has 0 aliphatic heterocycles. The molecule has 0 unspecified atom stereocenters. The second kappa shape index (κ2) is 6.06. The Kier molecular flexibility index (Phi) is 4.71. The van der Waals surface area contributed by atoms with Crippen LogP contribution < -0.4 is 10.6 Å². The molecular formula is C9H13N3O3S. The van der Waals surface area contributed by atoms with Crippen molar-refractivity contribution in [2.24, 2.45) is 0 Å². The van der Waals surface area contributed by atoms with Crippen LogP contribution in [0, 0.1) is 0 Å². The zero-order chi connectivity index (χ0) is 12.0. The lowest BCUT2D eigenvalue weighted by molar-refractivity contribution is -0.139. The molecule has 2 amide bonds. The van der Waals surface area contributed by atoms with Gasteiger partial charge in [-0.1, -0.05) is 13.3 Å². The van der Waals surface area contributed by atoms with Gasteiger partial charge in [0.2, 0.25) is 0 Å². The largest absolute Gasteiger partial charge is 0.480 e. The summed E-state index contributed by atoms with van der Waals surface area (Å²) in [5, 5.41) is 15.8. The normalized spacial score (nSPS) is 11.8. The summed E-state index contributed by atoms with van der Waals surface area (Å²) in [7, 11) is 0. The molecule has 0 aromatic carbocycles. The van der Waals surface area contributed by atoms with Gasteiger partial charge in [0.05, 0.1) is 0 Å². The Labute approximate surface area is 96.7 Å². The maximum atomic E-state index is 11.4. The SMILES string of the molecule is CCC[C@H](NC(=O)Nc1nccs1)C(=O)O. The summed E-state index contributed by atoms with van der Waals surface area (Å²) in [6, 6.07) is -1.40. The summed E-state index contributed by atoms with van der Waals surface area (Å²) >= 11 is 1.27. The second-order valence-electron chi connectivity index (χ2n) is 3.12. The topological polar surface area (TPSA) is 91.3 Å². The van der Waals surface area contributed by atoms with Gasteiger partial charge in [0.15, 0.2) is 5.13 Å². The minimum absolute atomic E-state index is 0.403. The monoisotopic (exact) mass is 243 g/mol. The highest BCUT2D eigenvalue weighted by molar-refractivity contribution is 7.13. The Morgan fingerprint density at radius 2 is 2.38 bits per heavy atom. The van der Waals surface area contributed by atoms with Crippen LogP contribution in [0.3, 0.4) is 0 Å². The summed E-state index contributed by atoms with van der Waals surface area (Å²) in [4.78, 5) is 26.0. The summed E-state index contributed by atoms with van der Waals surface area (Å²) in [5.74, 6) is -1.03. The predicted octanol–water partition coefficient (Wildman–Crippen LogP) is 1.52. The van der Waals surface area contributed by atoms with E-state index in [1.54, 1.807) is 11.6 Å². The van der Waals surface area contributed by atoms with Gasteiger partial charge in [-0.15, -0.1) is 11.3 Å². The van der Waals surface area contributed by atoms with Gasteiger partial charge in [0.1, 0.15) is 6.04 Å². The number of rotatable bonds is 5. The molecule has 0 bridgehead atoms. The number of urea groups is 1. The van der Waals surface area contributed by atoms with Gasteiger partial charge in [-0.05, 0) is 6.42 Å². The van der Waals surface area contributed by atoms with Crippen molar-refractivity contribution < 1.29 is 14.7 Å². The van der Waals surface area contributed by atoms with Gasteiger partial charge in [0.25, 0.3) is 0 Å². The Hall–Kier alpha value is -1.63. The van der Waals surface area contributed by atoms with Crippen LogP contribution in [-0.2, 0) is 4.79 Å². The Morgan fingerprint density at radius 1 is 1.62 bits per heavy atom. The van der Waals surface area contributed by atoms with Crippen LogP contribution in [-0.4, -0.2) is 28.1 Å². The molecule has 0 saturated carbocycles. The van der Waals surface area contributed by atoms with E-state index in [-0.39, 0.29) is 0 Å². The molecule has 3 N–H and O–H groups in total. The lowest BCUT2D eigenvalue weighted by Crippen LogP contribution is -2.42. The molecule has 1 atom stereocenters. The molecule has 1 rings (SSSR count). The third-order valence-electron chi connectivity index (χ3n) is 1.83. The molecule has 88 valence electrons. The first-order valence-corrected chi connectivity index (χ1v) is 5.71. The molecular weight excluding hydrogens is 230 g/mol. The summed E-state index contributed by atoms with van der Waals surface area (Å²) < 4.78 is 0. The van der Waals surface area contributed by atoms with Crippen molar-refractivity contribution in [2.45, 2.75) is 25.8 Å². The van der Waals surface area contributed by atoms with E-state index in [1.165, 1.54) is 11.3 Å². The van der Waals surface area contributed by atoms with Crippen LogP contribution in [0.15, 0.2) is 11.6 Å². The number of thiazole rings is 1. The van der Waals surface area contributed by atoms with Crippen molar-refractivity contribution in [1.82, 2.24) is 10.3 Å². The van der Waals surface area contributed by atoms with Gasteiger partial charge in [-0.25, -0.2) is 14.6 Å². The highest BCUT2D eigenvalue weighted by Gasteiger charge is 2.18. The average Bonchev–Trinajstić information content (AvgIpc) is 2.69. The maximum absolute atomic E-state index is 11.4. The number of carbonyl (C=O) groups excluding carboxylic acids is 1. The van der Waals surface area contributed by atoms with Gasteiger partial charge in [-0.3, -0.25) is 5.32 Å². The smallest absolute Gasteiger partial charge is 0.326 e. The van der Waals surface area contributed by atoms with E-state index >= 15 is 0 Å². The van der Waals surface area contributed by atoms with E-state index in [0.717, 1.165) is 0 Å². The van der Waals surface area contributed by atoms with Crippen LogP contribution >= 0.6 is 11.3 Å². The van der Waals surface area contributed by atoms with Crippen molar-refractivity contribution in [3.63, 3.8) is 0 Å². The van der Waals surface area contributed by atoms with Crippen molar-refractivity contribution >= 4 is 28.5 Å². The first-order valence-electron chi connectivity index (χ1n) is 4.83. The average molecular weight is 243 g/mol. The van der Waals surface area contributed by atoms with Crippen molar-refractivity contribution in [1.29, 1.82) is 0 Å². The highest BCUT2D eigenvalue weighted by Crippen LogP contribution is 2.09. The fourth-order valence-electron chi connectivity index (χ4n) is 1.12. The minimum Gasteiger partial charge on any atom is -0.480 e. The number of nitrogens with one attached hydrogen (secondary N) is 2. The van der Waals surface area contributed by atoms with Crippen molar-refractivity contribution in [2.75, 3.05) is 5.32 Å². The number of hydrogen-bond acceptors (Lipinski definition) is 4. The molecule has 1 aromatic rings. The first kappa shape index (κ1) is 12.4. The fourth-order valence-corrected chi connectivity index (χ4v) is 1.65. The van der Waals surface area contributed by atoms with Crippen LogP contribution in [0.1, 0.15) is 19.8 Å². The Morgan fingerprint density at radius 3 is 2.88 bits per heavy atom. The summed E-state index contributed by atoms with van der Waals surface area (Å²) in [6.45, 7) is 1.86. The number of aromatic nitrogens is 1. The Bertz CT molecular complexity index is 353. The van der Waals surface area contributed by atoms with Crippen LogP contribution in [0.5, 0.6) is 0 Å². The fraction of sp³-hybridized carbons (Fsp3) is 0.444. The molecule has 0 aliphatic rings. The van der Waals surface area contributed by atoms with E-state index in [2.05, 4.69) is 15.6 Å². The van der Waals surface area contributed by atoms with Crippen molar-refractivity contribution in [3.8, 4) is 0 Å². The molecule has 1 aromatic heterocycles. The number of nitrogens with zero attached hydrogens (tertiary/aromatic N) is 1. The number of amides is 2. The number of anilines is 1. The van der Waals surface area contributed by atoms with Crippen LogP contribution in [0.4, 0.5) is 9.93 Å². The number of carbonyl (C=O) groups is 2. The van der Waals surface area contributed by atoms with Crippen LogP contribution in [0.2, 0.25) is 0 Å². The zero-order valence-corrected chi connectivity index (χ0v) is 9.58. The molecule has 1 heterocycles. The molecule has 16 heavy (non-hydrogen) atoms. The number of carboxylic acids is 1. The first-order chi connectivity index (χ1) is 7.63. The lowest BCUT2D eigenvalue weighted by atomic mass is 10.2. The number of hydrogen-bond donors (Lipinski definition) is 3. The van der Waals surface area contributed by atoms with E-state index in [4.69, 9.17) is 5.11 Å². The van der Waals surface area contributed by atoms with Gasteiger partial charge in [0, 0.05) is 11.6 Å². The number of aliphatic carboxylic acids is 1. The molecule has 7 heteroatoms. The standard InChI is InChI=1S/C9H13N3O3S/c1-2-3-6(7(13)14)11-8(15)12-9-10-4-5-16-9/h4-6H,2-3H2,1H3,(H,13,14)(H2,10,11,12,15)/t6-/m0/s1. The quantitative estimate of drug-likeness (QED) is 0.731. The molecule has 0 aliphatic carbocycles. The van der Waals surface area contributed by atoms with E-state index in [1.807, 2.05) is 6.92 Å². The zero-order valence-electron chi connectivity index (χ0n) is 8.77. The van der Waals surface area contributed by atoms with Crippen LogP contribution in [0.25, 0.3) is 0 Å². The predicted molar refractivity (Wildman–Crippen MR) is 60.6 cm³/mol. The van der Waals surface area contributed by atoms with Crippen molar-refractivity contribution in [3.05, 3.63) is 11.6 Å². The summed E-state index contributed by atoms with van der Waals surface area (Å²) in [5.41, 5.74) is 0.